The summed E-state index contributed by atoms with van der Waals surface area (Å²) in [5.41, 5.74) is 3.01. The Labute approximate surface area is 105 Å². The molecule has 3 nitrogen and oxygen atoms in total. The molecule has 0 amide bonds. The average Bonchev–Trinajstić information content (AvgIpc) is 2.58. The van der Waals surface area contributed by atoms with Crippen LogP contribution in [0.2, 0.25) is 0 Å². The van der Waals surface area contributed by atoms with E-state index in [0.717, 1.165) is 21.8 Å². The van der Waals surface area contributed by atoms with E-state index in [4.69, 9.17) is 0 Å². The molecule has 1 unspecified atom stereocenters. The molecule has 90 valence electrons. The fourth-order valence-electron chi connectivity index (χ4n) is 1.76. The minimum Gasteiger partial charge on any atom is -0.388 e. The molecule has 0 aliphatic carbocycles. The predicted molar refractivity (Wildman–Crippen MR) is 69.2 cm³/mol. The quantitative estimate of drug-likeness (QED) is 0.908. The molecule has 2 heterocycles. The van der Waals surface area contributed by atoms with Crippen LogP contribution in [-0.4, -0.2) is 15.1 Å². The van der Waals surface area contributed by atoms with Crippen LogP contribution in [-0.2, 0) is 6.42 Å². The van der Waals surface area contributed by atoms with Gasteiger partial charge in [-0.1, -0.05) is 0 Å². The van der Waals surface area contributed by atoms with E-state index in [2.05, 4.69) is 16.9 Å². The van der Waals surface area contributed by atoms with E-state index in [-0.39, 0.29) is 0 Å². The van der Waals surface area contributed by atoms with Crippen LogP contribution in [0.3, 0.4) is 0 Å². The SMILES string of the molecule is Cc1cnccc1C(O)Cc1nc(C)c(C)s1. The molecule has 0 saturated carbocycles. The summed E-state index contributed by atoms with van der Waals surface area (Å²) in [4.78, 5) is 9.70. The first-order chi connectivity index (χ1) is 8.08. The summed E-state index contributed by atoms with van der Waals surface area (Å²) >= 11 is 1.66. The van der Waals surface area contributed by atoms with Crippen LogP contribution in [0.5, 0.6) is 0 Å². The first-order valence-electron chi connectivity index (χ1n) is 5.59. The second-order valence-electron chi connectivity index (χ2n) is 4.20. The number of nitrogens with zero attached hydrogens (tertiary/aromatic N) is 2. The number of aryl methyl sites for hydroxylation is 3. The second kappa shape index (κ2) is 4.94. The van der Waals surface area contributed by atoms with Gasteiger partial charge >= 0.3 is 0 Å². The van der Waals surface area contributed by atoms with Gasteiger partial charge in [-0.2, -0.15) is 0 Å². The van der Waals surface area contributed by atoms with Gasteiger partial charge in [0.1, 0.15) is 0 Å². The number of hydrogen-bond donors (Lipinski definition) is 1. The maximum Gasteiger partial charge on any atom is 0.0960 e. The third-order valence-corrected chi connectivity index (χ3v) is 3.96. The molecular weight excluding hydrogens is 232 g/mol. The number of thiazole rings is 1. The zero-order valence-electron chi connectivity index (χ0n) is 10.3. The first kappa shape index (κ1) is 12.2. The molecule has 17 heavy (non-hydrogen) atoms. The maximum atomic E-state index is 10.2. The van der Waals surface area contributed by atoms with Crippen molar-refractivity contribution in [2.24, 2.45) is 0 Å². The van der Waals surface area contributed by atoms with Crippen molar-refractivity contribution in [3.8, 4) is 0 Å². The van der Waals surface area contributed by atoms with E-state index in [9.17, 15) is 5.11 Å². The highest BCUT2D eigenvalue weighted by molar-refractivity contribution is 7.11. The van der Waals surface area contributed by atoms with Crippen LogP contribution in [0.4, 0.5) is 0 Å². The van der Waals surface area contributed by atoms with Gasteiger partial charge in [-0.05, 0) is 38.0 Å². The van der Waals surface area contributed by atoms with E-state index < -0.39 is 6.10 Å². The van der Waals surface area contributed by atoms with Crippen molar-refractivity contribution in [1.82, 2.24) is 9.97 Å². The Bertz CT molecular complexity index is 502. The molecule has 0 saturated heterocycles. The van der Waals surface area contributed by atoms with Crippen molar-refractivity contribution in [2.45, 2.75) is 33.3 Å². The number of hydrogen-bond acceptors (Lipinski definition) is 4. The summed E-state index contributed by atoms with van der Waals surface area (Å²) in [6, 6.07) is 1.87. The lowest BCUT2D eigenvalue weighted by molar-refractivity contribution is 0.177. The number of aromatic nitrogens is 2. The Morgan fingerprint density at radius 3 is 2.71 bits per heavy atom. The van der Waals surface area contributed by atoms with Gasteiger partial charge in [0.15, 0.2) is 0 Å². The summed E-state index contributed by atoms with van der Waals surface area (Å²) < 4.78 is 0. The number of pyridine rings is 1. The number of rotatable bonds is 3. The van der Waals surface area contributed by atoms with E-state index in [1.807, 2.05) is 19.9 Å². The highest BCUT2D eigenvalue weighted by Gasteiger charge is 2.14. The molecule has 1 N–H and O–H groups in total. The summed E-state index contributed by atoms with van der Waals surface area (Å²) in [7, 11) is 0. The lowest BCUT2D eigenvalue weighted by Gasteiger charge is -2.11. The molecule has 1 atom stereocenters. The number of aliphatic hydroxyl groups is 1. The summed E-state index contributed by atoms with van der Waals surface area (Å²) in [5.74, 6) is 0. The van der Waals surface area contributed by atoms with E-state index in [1.54, 1.807) is 23.7 Å². The van der Waals surface area contributed by atoms with Gasteiger partial charge in [0.25, 0.3) is 0 Å². The Hall–Kier alpha value is -1.26. The Morgan fingerprint density at radius 2 is 2.12 bits per heavy atom. The van der Waals surface area contributed by atoms with Gasteiger partial charge in [0, 0.05) is 23.7 Å². The fraction of sp³-hybridized carbons (Fsp3) is 0.385. The minimum atomic E-state index is -0.497. The summed E-state index contributed by atoms with van der Waals surface area (Å²) in [6.45, 7) is 6.02. The molecule has 0 bridgehead atoms. The zero-order valence-corrected chi connectivity index (χ0v) is 11.1. The maximum absolute atomic E-state index is 10.2. The van der Waals surface area contributed by atoms with Crippen molar-refractivity contribution in [3.63, 3.8) is 0 Å². The smallest absolute Gasteiger partial charge is 0.0960 e. The van der Waals surface area contributed by atoms with Crippen LogP contribution in [0.15, 0.2) is 18.5 Å². The van der Waals surface area contributed by atoms with Crippen molar-refractivity contribution in [3.05, 3.63) is 45.2 Å². The molecule has 0 aliphatic heterocycles. The Balaban J connectivity index is 2.17. The molecule has 0 fully saturated rings. The molecule has 0 spiro atoms. The predicted octanol–water partition coefficient (Wildman–Crippen LogP) is 2.74. The van der Waals surface area contributed by atoms with Gasteiger partial charge in [0.2, 0.25) is 0 Å². The third-order valence-electron chi connectivity index (χ3n) is 2.86. The standard InChI is InChI=1S/C13H16N2OS/c1-8-7-14-5-4-11(8)12(16)6-13-15-9(2)10(3)17-13/h4-5,7,12,16H,6H2,1-3H3. The third kappa shape index (κ3) is 2.70. The first-order valence-corrected chi connectivity index (χ1v) is 6.41. The normalized spacial score (nSPS) is 12.7. The van der Waals surface area contributed by atoms with Gasteiger partial charge in [-0.15, -0.1) is 11.3 Å². The topological polar surface area (TPSA) is 46.0 Å². The largest absolute Gasteiger partial charge is 0.388 e. The van der Waals surface area contributed by atoms with Crippen LogP contribution in [0, 0.1) is 20.8 Å². The van der Waals surface area contributed by atoms with E-state index in [1.165, 1.54) is 4.88 Å². The monoisotopic (exact) mass is 248 g/mol. The summed E-state index contributed by atoms with van der Waals surface area (Å²) in [5, 5.41) is 11.2. The number of aliphatic hydroxyl groups excluding tert-OH is 1. The van der Waals surface area contributed by atoms with Gasteiger partial charge in [-0.25, -0.2) is 4.98 Å². The van der Waals surface area contributed by atoms with E-state index >= 15 is 0 Å². The minimum absolute atomic E-state index is 0.497. The van der Waals surface area contributed by atoms with Gasteiger partial charge in [-0.3, -0.25) is 4.98 Å². The Morgan fingerprint density at radius 1 is 1.35 bits per heavy atom. The van der Waals surface area contributed by atoms with Gasteiger partial charge in [0.05, 0.1) is 16.8 Å². The molecule has 2 rings (SSSR count). The highest BCUT2D eigenvalue weighted by atomic mass is 32.1. The van der Waals surface area contributed by atoms with Gasteiger partial charge < -0.3 is 5.11 Å². The zero-order chi connectivity index (χ0) is 12.4. The van der Waals surface area contributed by atoms with Crippen molar-refractivity contribution < 1.29 is 5.11 Å². The van der Waals surface area contributed by atoms with Crippen LogP contribution in [0.1, 0.15) is 32.8 Å². The molecular formula is C13H16N2OS. The van der Waals surface area contributed by atoms with Crippen molar-refractivity contribution in [2.75, 3.05) is 0 Å². The Kier molecular flexibility index (Phi) is 3.54. The molecule has 4 heteroatoms. The lowest BCUT2D eigenvalue weighted by atomic mass is 10.0. The van der Waals surface area contributed by atoms with E-state index in [0.29, 0.717) is 6.42 Å². The second-order valence-corrected chi connectivity index (χ2v) is 5.49. The lowest BCUT2D eigenvalue weighted by Crippen LogP contribution is -2.04. The summed E-state index contributed by atoms with van der Waals surface area (Å²) in [6.07, 6.45) is 3.56. The van der Waals surface area contributed by atoms with Crippen LogP contribution < -0.4 is 0 Å². The van der Waals surface area contributed by atoms with Crippen molar-refractivity contribution in [1.29, 1.82) is 0 Å². The average molecular weight is 248 g/mol. The molecule has 0 aliphatic rings. The highest BCUT2D eigenvalue weighted by Crippen LogP contribution is 2.24. The van der Waals surface area contributed by atoms with Crippen molar-refractivity contribution >= 4 is 11.3 Å². The molecule has 2 aromatic rings. The molecule has 0 radical (unpaired) electrons. The fourth-order valence-corrected chi connectivity index (χ4v) is 2.73. The van der Waals surface area contributed by atoms with Crippen LogP contribution >= 0.6 is 11.3 Å². The van der Waals surface area contributed by atoms with Crippen LogP contribution in [0.25, 0.3) is 0 Å². The molecule has 0 aromatic carbocycles. The molecule has 2 aromatic heterocycles.